The number of halogens is 3. The molecule has 1 unspecified atom stereocenters. The Morgan fingerprint density at radius 1 is 1.04 bits per heavy atom. The molecule has 0 aromatic heterocycles. The first kappa shape index (κ1) is 18.0. The van der Waals surface area contributed by atoms with Crippen LogP contribution in [0.25, 0.3) is 0 Å². The van der Waals surface area contributed by atoms with E-state index in [0.29, 0.717) is 38.9 Å². The van der Waals surface area contributed by atoms with Gasteiger partial charge in [-0.15, -0.1) is 0 Å². The molecule has 2 amide bonds. The van der Waals surface area contributed by atoms with Crippen LogP contribution in [0.15, 0.2) is 0 Å². The van der Waals surface area contributed by atoms with E-state index in [4.69, 9.17) is 9.47 Å². The number of amides is 2. The molecule has 0 radical (unpaired) electrons. The lowest BCUT2D eigenvalue weighted by Crippen LogP contribution is -2.64. The van der Waals surface area contributed by atoms with E-state index in [9.17, 15) is 22.8 Å². The highest BCUT2D eigenvalue weighted by molar-refractivity contribution is 5.83. The van der Waals surface area contributed by atoms with Gasteiger partial charge in [-0.3, -0.25) is 9.59 Å². The lowest BCUT2D eigenvalue weighted by molar-refractivity contribution is -0.194. The number of hydrogen-bond acceptors (Lipinski definition) is 4. The minimum absolute atomic E-state index is 0.358. The minimum Gasteiger partial charge on any atom is -0.368 e. The van der Waals surface area contributed by atoms with Crippen LogP contribution in [0.5, 0.6) is 0 Å². The van der Waals surface area contributed by atoms with E-state index in [1.807, 2.05) is 5.32 Å². The molecule has 132 valence electrons. The third-order valence-electron chi connectivity index (χ3n) is 4.09. The van der Waals surface area contributed by atoms with Gasteiger partial charge < -0.3 is 20.1 Å². The van der Waals surface area contributed by atoms with Crippen molar-refractivity contribution in [1.82, 2.24) is 10.6 Å². The van der Waals surface area contributed by atoms with Crippen LogP contribution >= 0.6 is 0 Å². The molecule has 2 saturated heterocycles. The topological polar surface area (TPSA) is 76.7 Å². The molecule has 6 nitrogen and oxygen atoms in total. The van der Waals surface area contributed by atoms with E-state index in [-0.39, 0.29) is 0 Å². The predicted molar refractivity (Wildman–Crippen MR) is 73.6 cm³/mol. The maximum Gasteiger partial charge on any atom is 0.412 e. The Kier molecular flexibility index (Phi) is 5.51. The molecule has 2 aliphatic heterocycles. The minimum atomic E-state index is -4.72. The smallest absolute Gasteiger partial charge is 0.368 e. The number of nitrogens with one attached hydrogen (secondary N) is 2. The largest absolute Gasteiger partial charge is 0.412 e. The summed E-state index contributed by atoms with van der Waals surface area (Å²) in [6.07, 6.45) is -4.10. The second kappa shape index (κ2) is 7.04. The summed E-state index contributed by atoms with van der Waals surface area (Å²) in [5, 5.41) is 4.20. The molecule has 9 heteroatoms. The Morgan fingerprint density at radius 2 is 1.57 bits per heavy atom. The van der Waals surface area contributed by atoms with Gasteiger partial charge in [0.25, 0.3) is 0 Å². The molecule has 0 saturated carbocycles. The summed E-state index contributed by atoms with van der Waals surface area (Å²) in [7, 11) is 0. The fourth-order valence-electron chi connectivity index (χ4n) is 2.51. The maximum absolute atomic E-state index is 13.3. The SMILES string of the molecule is CC(CNC(=O)[C@@H]1CCCO1)(NC(=O)[C@@H]1CCCO1)C(F)(F)F. The van der Waals surface area contributed by atoms with Gasteiger partial charge in [-0.2, -0.15) is 13.2 Å². The molecule has 0 spiro atoms. The van der Waals surface area contributed by atoms with Gasteiger partial charge in [0.1, 0.15) is 12.2 Å². The normalized spacial score (nSPS) is 27.5. The Labute approximate surface area is 132 Å². The average molecular weight is 338 g/mol. The molecule has 2 N–H and O–H groups in total. The molecular formula is C14H21F3N2O4. The second-order valence-corrected chi connectivity index (χ2v) is 6.04. The van der Waals surface area contributed by atoms with Crippen LogP contribution < -0.4 is 10.6 Å². The Hall–Kier alpha value is -1.35. The van der Waals surface area contributed by atoms with E-state index in [1.165, 1.54) is 0 Å². The van der Waals surface area contributed by atoms with Crippen molar-refractivity contribution in [3.8, 4) is 0 Å². The number of alkyl halides is 3. The van der Waals surface area contributed by atoms with Gasteiger partial charge >= 0.3 is 6.18 Å². The number of carbonyl (C=O) groups excluding carboxylic acids is 2. The van der Waals surface area contributed by atoms with Crippen LogP contribution in [0, 0.1) is 0 Å². The fraction of sp³-hybridized carbons (Fsp3) is 0.857. The van der Waals surface area contributed by atoms with Crippen molar-refractivity contribution >= 4 is 11.8 Å². The number of ether oxygens (including phenoxy) is 2. The standard InChI is InChI=1S/C14H21F3N2O4/c1-13(14(15,16)17,19-12(21)10-5-3-7-23-10)8-18-11(20)9-4-2-6-22-9/h9-10H,2-8H2,1H3,(H,18,20)(H,19,21)/t9-,10-,13?/m0/s1. The monoisotopic (exact) mass is 338 g/mol. The van der Waals surface area contributed by atoms with Crippen molar-refractivity contribution in [2.75, 3.05) is 19.8 Å². The molecule has 0 aromatic carbocycles. The van der Waals surface area contributed by atoms with Crippen molar-refractivity contribution in [3.05, 3.63) is 0 Å². The zero-order valence-corrected chi connectivity index (χ0v) is 12.9. The molecule has 0 aliphatic carbocycles. The number of rotatable bonds is 5. The lowest BCUT2D eigenvalue weighted by atomic mass is 10.0. The van der Waals surface area contributed by atoms with E-state index >= 15 is 0 Å². The second-order valence-electron chi connectivity index (χ2n) is 6.04. The first-order valence-electron chi connectivity index (χ1n) is 7.62. The van der Waals surface area contributed by atoms with Gasteiger partial charge in [0.15, 0.2) is 5.54 Å². The average Bonchev–Trinajstić information content (AvgIpc) is 3.15. The highest BCUT2D eigenvalue weighted by Gasteiger charge is 2.53. The van der Waals surface area contributed by atoms with Crippen molar-refractivity contribution in [3.63, 3.8) is 0 Å². The van der Waals surface area contributed by atoms with Crippen LogP contribution in [0.1, 0.15) is 32.6 Å². The summed E-state index contributed by atoms with van der Waals surface area (Å²) in [6.45, 7) is 0.865. The van der Waals surface area contributed by atoms with Crippen molar-refractivity contribution < 1.29 is 32.2 Å². The summed E-state index contributed by atoms with van der Waals surface area (Å²) < 4.78 is 50.2. The first-order chi connectivity index (χ1) is 10.7. The van der Waals surface area contributed by atoms with E-state index in [0.717, 1.165) is 6.92 Å². The fourth-order valence-corrected chi connectivity index (χ4v) is 2.51. The van der Waals surface area contributed by atoms with E-state index in [1.54, 1.807) is 0 Å². The van der Waals surface area contributed by atoms with E-state index in [2.05, 4.69) is 5.32 Å². The zero-order valence-electron chi connectivity index (χ0n) is 12.9. The molecule has 2 rings (SSSR count). The van der Waals surface area contributed by atoms with Gasteiger partial charge in [0.05, 0.1) is 0 Å². The Morgan fingerprint density at radius 3 is 2.00 bits per heavy atom. The summed E-state index contributed by atoms with van der Waals surface area (Å²) in [6, 6.07) is 0. The first-order valence-corrected chi connectivity index (χ1v) is 7.62. The molecule has 0 bridgehead atoms. The number of hydrogen-bond donors (Lipinski definition) is 2. The van der Waals surface area contributed by atoms with Crippen LogP contribution in [0.2, 0.25) is 0 Å². The number of carbonyl (C=O) groups is 2. The van der Waals surface area contributed by atoms with Crippen molar-refractivity contribution in [2.24, 2.45) is 0 Å². The van der Waals surface area contributed by atoms with Gasteiger partial charge in [-0.1, -0.05) is 0 Å². The molecule has 3 atom stereocenters. The van der Waals surface area contributed by atoms with Crippen molar-refractivity contribution in [2.45, 2.75) is 56.5 Å². The third kappa shape index (κ3) is 4.35. The van der Waals surface area contributed by atoms with Crippen LogP contribution in [-0.2, 0) is 19.1 Å². The molecule has 0 aromatic rings. The zero-order chi connectivity index (χ0) is 17.1. The Bertz CT molecular complexity index is 446. The van der Waals surface area contributed by atoms with Crippen molar-refractivity contribution in [1.29, 1.82) is 0 Å². The quantitative estimate of drug-likeness (QED) is 0.781. The summed E-state index contributed by atoms with van der Waals surface area (Å²) >= 11 is 0. The lowest BCUT2D eigenvalue weighted by Gasteiger charge is -2.34. The van der Waals surface area contributed by atoms with Gasteiger partial charge in [0.2, 0.25) is 11.8 Å². The highest BCUT2D eigenvalue weighted by atomic mass is 19.4. The van der Waals surface area contributed by atoms with Gasteiger partial charge in [0, 0.05) is 19.8 Å². The predicted octanol–water partition coefficient (Wildman–Crippen LogP) is 0.898. The summed E-state index contributed by atoms with van der Waals surface area (Å²) in [5.41, 5.74) is -2.57. The van der Waals surface area contributed by atoms with E-state index < -0.39 is 42.3 Å². The maximum atomic E-state index is 13.3. The summed E-state index contributed by atoms with van der Waals surface area (Å²) in [5.74, 6) is -1.40. The molecule has 2 heterocycles. The molecule has 2 aliphatic rings. The Balaban J connectivity index is 1.97. The van der Waals surface area contributed by atoms with Gasteiger partial charge in [-0.05, 0) is 32.6 Å². The third-order valence-corrected chi connectivity index (χ3v) is 4.09. The van der Waals surface area contributed by atoms with Crippen LogP contribution in [0.3, 0.4) is 0 Å². The molecule has 2 fully saturated rings. The molecular weight excluding hydrogens is 317 g/mol. The van der Waals surface area contributed by atoms with Crippen LogP contribution in [0.4, 0.5) is 13.2 Å². The van der Waals surface area contributed by atoms with Crippen LogP contribution in [-0.4, -0.2) is 55.5 Å². The van der Waals surface area contributed by atoms with Gasteiger partial charge in [-0.25, -0.2) is 0 Å². The summed E-state index contributed by atoms with van der Waals surface area (Å²) in [4.78, 5) is 23.8. The highest BCUT2D eigenvalue weighted by Crippen LogP contribution is 2.30. The molecule has 23 heavy (non-hydrogen) atoms.